The maximum absolute atomic E-state index is 12.8. The molecule has 0 amide bonds. The van der Waals surface area contributed by atoms with Crippen LogP contribution in [0.25, 0.3) is 0 Å². The van der Waals surface area contributed by atoms with Crippen molar-refractivity contribution in [3.63, 3.8) is 0 Å². The van der Waals surface area contributed by atoms with Gasteiger partial charge in [-0.15, -0.1) is 0 Å². The van der Waals surface area contributed by atoms with Crippen molar-refractivity contribution in [3.8, 4) is 5.75 Å². The lowest BCUT2D eigenvalue weighted by atomic mass is 9.51. The Morgan fingerprint density at radius 2 is 1.65 bits per heavy atom. The van der Waals surface area contributed by atoms with Crippen LogP contribution in [0.2, 0.25) is 0 Å². The SMILES string of the molecule is COc1ccc(C(=O)C2=CN(C)B(c3c(C)cc(C)cc3C)C=C2)cc1. The fourth-order valence-electron chi connectivity index (χ4n) is 3.67. The summed E-state index contributed by atoms with van der Waals surface area (Å²) < 4.78 is 5.16. The number of carbonyl (C=O) groups is 1. The lowest BCUT2D eigenvalue weighted by molar-refractivity contribution is 0.103. The van der Waals surface area contributed by atoms with Crippen molar-refractivity contribution < 1.29 is 9.53 Å². The van der Waals surface area contributed by atoms with E-state index in [0.29, 0.717) is 11.1 Å². The van der Waals surface area contributed by atoms with Crippen molar-refractivity contribution in [2.24, 2.45) is 0 Å². The summed E-state index contributed by atoms with van der Waals surface area (Å²) in [5, 5.41) is 0. The normalized spacial score (nSPS) is 13.7. The molecule has 0 saturated carbocycles. The van der Waals surface area contributed by atoms with Crippen molar-refractivity contribution in [2.45, 2.75) is 20.8 Å². The fraction of sp³-hybridized carbons (Fsp3) is 0.227. The van der Waals surface area contributed by atoms with Crippen molar-refractivity contribution >= 4 is 18.1 Å². The van der Waals surface area contributed by atoms with Gasteiger partial charge in [0.1, 0.15) is 5.75 Å². The molecule has 0 aromatic heterocycles. The van der Waals surface area contributed by atoms with Crippen LogP contribution in [-0.2, 0) is 0 Å². The highest BCUT2D eigenvalue weighted by atomic mass is 16.5. The Kier molecular flexibility index (Phi) is 5.03. The number of ketones is 1. The second kappa shape index (κ2) is 7.24. The van der Waals surface area contributed by atoms with Gasteiger partial charge in [-0.2, -0.15) is 0 Å². The smallest absolute Gasteiger partial charge is 0.315 e. The number of allylic oxidation sites excluding steroid dienone is 2. The predicted molar refractivity (Wildman–Crippen MR) is 108 cm³/mol. The summed E-state index contributed by atoms with van der Waals surface area (Å²) in [5.74, 6) is 2.88. The Labute approximate surface area is 156 Å². The van der Waals surface area contributed by atoms with Crippen LogP contribution in [-0.4, -0.2) is 31.6 Å². The van der Waals surface area contributed by atoms with Gasteiger partial charge in [-0.1, -0.05) is 40.9 Å². The predicted octanol–water partition coefficient (Wildman–Crippen LogP) is 3.63. The number of aryl methyl sites for hydroxylation is 3. The molecule has 0 atom stereocenters. The van der Waals surface area contributed by atoms with Crippen LogP contribution in [0.1, 0.15) is 27.0 Å². The largest absolute Gasteiger partial charge is 0.497 e. The van der Waals surface area contributed by atoms with E-state index in [1.54, 1.807) is 19.2 Å². The van der Waals surface area contributed by atoms with E-state index in [-0.39, 0.29) is 12.6 Å². The highest BCUT2D eigenvalue weighted by Gasteiger charge is 2.26. The van der Waals surface area contributed by atoms with Crippen LogP contribution in [0.4, 0.5) is 0 Å². The van der Waals surface area contributed by atoms with Gasteiger partial charge in [0.15, 0.2) is 5.78 Å². The molecule has 0 aliphatic carbocycles. The highest BCUT2D eigenvalue weighted by Crippen LogP contribution is 2.19. The molecule has 1 heterocycles. The molecule has 26 heavy (non-hydrogen) atoms. The molecule has 3 rings (SSSR count). The van der Waals surface area contributed by atoms with E-state index in [9.17, 15) is 4.79 Å². The zero-order valence-electron chi connectivity index (χ0n) is 16.0. The Balaban J connectivity index is 1.86. The third-order valence-corrected chi connectivity index (χ3v) is 4.89. The summed E-state index contributed by atoms with van der Waals surface area (Å²) in [6.07, 6.45) is 3.88. The number of carbonyl (C=O) groups excluding carboxylic acids is 1. The summed E-state index contributed by atoms with van der Waals surface area (Å²) in [4.78, 5) is 14.9. The van der Waals surface area contributed by atoms with Crippen molar-refractivity contribution in [1.82, 2.24) is 4.81 Å². The first-order valence-electron chi connectivity index (χ1n) is 8.79. The topological polar surface area (TPSA) is 29.5 Å². The van der Waals surface area contributed by atoms with E-state index in [1.807, 2.05) is 31.5 Å². The van der Waals surface area contributed by atoms with Crippen LogP contribution in [0, 0.1) is 20.8 Å². The summed E-state index contributed by atoms with van der Waals surface area (Å²) >= 11 is 0. The van der Waals surface area contributed by atoms with Gasteiger partial charge in [0.2, 0.25) is 0 Å². The Hall–Kier alpha value is -2.75. The molecule has 0 bridgehead atoms. The fourth-order valence-corrected chi connectivity index (χ4v) is 3.67. The molecule has 0 fully saturated rings. The molecule has 132 valence electrons. The molecular formula is C22H24BNO2. The molecule has 2 aromatic rings. The monoisotopic (exact) mass is 345 g/mol. The lowest BCUT2D eigenvalue weighted by Crippen LogP contribution is -2.46. The zero-order valence-corrected chi connectivity index (χ0v) is 16.0. The lowest BCUT2D eigenvalue weighted by Gasteiger charge is -2.28. The van der Waals surface area contributed by atoms with Gasteiger partial charge in [0.05, 0.1) is 7.11 Å². The Morgan fingerprint density at radius 1 is 1.04 bits per heavy atom. The van der Waals surface area contributed by atoms with E-state index in [1.165, 1.54) is 22.2 Å². The maximum atomic E-state index is 12.8. The number of benzene rings is 2. The average molecular weight is 345 g/mol. The van der Waals surface area contributed by atoms with Gasteiger partial charge < -0.3 is 9.55 Å². The average Bonchev–Trinajstić information content (AvgIpc) is 2.61. The first-order chi connectivity index (χ1) is 12.4. The number of rotatable bonds is 4. The Bertz CT molecular complexity index is 874. The van der Waals surface area contributed by atoms with Crippen LogP contribution >= 0.6 is 0 Å². The third kappa shape index (κ3) is 3.45. The zero-order chi connectivity index (χ0) is 18.8. The van der Waals surface area contributed by atoms with Gasteiger partial charge in [0, 0.05) is 11.1 Å². The Morgan fingerprint density at radius 3 is 2.19 bits per heavy atom. The summed E-state index contributed by atoms with van der Waals surface area (Å²) in [6.45, 7) is 6.57. The molecule has 3 nitrogen and oxygen atoms in total. The first-order valence-corrected chi connectivity index (χ1v) is 8.79. The van der Waals surface area contributed by atoms with Crippen molar-refractivity contribution in [3.05, 3.63) is 82.5 Å². The standard InChI is InChI=1S/C22H24BNO2/c1-15-12-16(2)21(17(3)13-15)23-11-10-19(14-24(23)4)22(25)18-6-8-20(26-5)9-7-18/h6-14H,1-5H3. The number of Topliss-reactive ketones (excluding diaryl/α,β-unsaturated/α-hetero) is 1. The molecule has 2 aromatic carbocycles. The number of methoxy groups -OCH3 is 1. The van der Waals surface area contributed by atoms with Crippen molar-refractivity contribution in [1.29, 1.82) is 0 Å². The molecule has 0 unspecified atom stereocenters. The second-order valence-electron chi connectivity index (χ2n) is 6.92. The minimum absolute atomic E-state index is 0.0200. The van der Waals surface area contributed by atoms with Gasteiger partial charge in [-0.25, -0.2) is 0 Å². The van der Waals surface area contributed by atoms with Crippen LogP contribution in [0.5, 0.6) is 5.75 Å². The van der Waals surface area contributed by atoms with Crippen LogP contribution < -0.4 is 10.2 Å². The van der Waals surface area contributed by atoms with E-state index in [0.717, 1.165) is 5.75 Å². The van der Waals surface area contributed by atoms with Gasteiger partial charge in [0.25, 0.3) is 0 Å². The number of ether oxygens (including phenoxy) is 1. The first kappa shape index (κ1) is 18.1. The number of nitrogens with zero attached hydrogens (tertiary/aromatic N) is 1. The molecule has 0 spiro atoms. The number of hydrogen-bond acceptors (Lipinski definition) is 3. The minimum atomic E-state index is 0.0200. The summed E-state index contributed by atoms with van der Waals surface area (Å²) in [5.41, 5.74) is 6.50. The summed E-state index contributed by atoms with van der Waals surface area (Å²) in [6, 6.07) is 11.7. The molecule has 0 saturated heterocycles. The van der Waals surface area contributed by atoms with Gasteiger partial charge in [-0.05, 0) is 63.7 Å². The van der Waals surface area contributed by atoms with Crippen molar-refractivity contribution in [2.75, 3.05) is 14.2 Å². The number of hydrogen-bond donors (Lipinski definition) is 0. The van der Waals surface area contributed by atoms with E-state index < -0.39 is 0 Å². The van der Waals surface area contributed by atoms with E-state index in [2.05, 4.69) is 43.7 Å². The molecule has 1 aliphatic rings. The van der Waals surface area contributed by atoms with Crippen LogP contribution in [0.15, 0.2) is 60.2 Å². The molecule has 4 heteroatoms. The highest BCUT2D eigenvalue weighted by molar-refractivity contribution is 6.76. The second-order valence-corrected chi connectivity index (χ2v) is 6.92. The molecule has 1 aliphatic heterocycles. The summed E-state index contributed by atoms with van der Waals surface area (Å²) in [7, 11) is 3.64. The molecule has 0 radical (unpaired) electrons. The van der Waals surface area contributed by atoms with E-state index in [4.69, 9.17) is 4.74 Å². The quantitative estimate of drug-likeness (QED) is 0.626. The van der Waals surface area contributed by atoms with Gasteiger partial charge in [-0.3, -0.25) is 4.79 Å². The van der Waals surface area contributed by atoms with Crippen LogP contribution in [0.3, 0.4) is 0 Å². The maximum Gasteiger partial charge on any atom is 0.315 e. The third-order valence-electron chi connectivity index (χ3n) is 4.89. The molecule has 0 N–H and O–H groups in total. The van der Waals surface area contributed by atoms with Gasteiger partial charge >= 0.3 is 6.85 Å². The molecular weight excluding hydrogens is 321 g/mol. The van der Waals surface area contributed by atoms with E-state index >= 15 is 0 Å². The minimum Gasteiger partial charge on any atom is -0.497 e.